The number of nitrogens with zero attached hydrogens (tertiary/aromatic N) is 1. The topological polar surface area (TPSA) is 117 Å². The number of amides is 3. The largest absolute Gasteiger partial charge is 0.478 e. The highest BCUT2D eigenvalue weighted by Crippen LogP contribution is 2.34. The van der Waals surface area contributed by atoms with E-state index in [1.165, 1.54) is 23.9 Å². The minimum Gasteiger partial charge on any atom is -0.478 e. The van der Waals surface area contributed by atoms with Crippen molar-refractivity contribution in [3.05, 3.63) is 76.4 Å². The molecule has 8 nitrogen and oxygen atoms in total. The molecule has 1 saturated heterocycles. The van der Waals surface area contributed by atoms with Crippen LogP contribution < -0.4 is 5.32 Å². The van der Waals surface area contributed by atoms with E-state index in [-0.39, 0.29) is 10.5 Å². The molecule has 0 unspecified atom stereocenters. The number of benzene rings is 2. The van der Waals surface area contributed by atoms with E-state index in [1.54, 1.807) is 49.4 Å². The number of rotatable bonds is 7. The van der Waals surface area contributed by atoms with Crippen LogP contribution in [-0.2, 0) is 9.59 Å². The number of anilines is 1. The van der Waals surface area contributed by atoms with E-state index in [1.807, 2.05) is 12.3 Å². The Balaban J connectivity index is 1.48. The Hall–Kier alpha value is -3.76. The summed E-state index contributed by atoms with van der Waals surface area (Å²) in [6, 6.07) is 15.4. The van der Waals surface area contributed by atoms with Gasteiger partial charge in [0.25, 0.3) is 11.1 Å². The van der Waals surface area contributed by atoms with Crippen LogP contribution in [0.3, 0.4) is 0 Å². The lowest BCUT2D eigenvalue weighted by Gasteiger charge is -2.12. The molecule has 178 valence electrons. The van der Waals surface area contributed by atoms with Crippen molar-refractivity contribution in [3.63, 3.8) is 0 Å². The van der Waals surface area contributed by atoms with Crippen LogP contribution in [0.25, 0.3) is 17.4 Å². The van der Waals surface area contributed by atoms with Gasteiger partial charge in [0.15, 0.2) is 0 Å². The number of carbonyl (C=O) groups is 4. The zero-order chi connectivity index (χ0) is 25.1. The minimum atomic E-state index is -1.04. The Morgan fingerprint density at radius 2 is 1.91 bits per heavy atom. The van der Waals surface area contributed by atoms with Gasteiger partial charge in [-0.1, -0.05) is 18.2 Å². The highest BCUT2D eigenvalue weighted by molar-refractivity contribution is 8.18. The zero-order valence-electron chi connectivity index (χ0n) is 18.7. The van der Waals surface area contributed by atoms with Crippen LogP contribution in [0.2, 0.25) is 0 Å². The molecule has 1 fully saturated rings. The summed E-state index contributed by atoms with van der Waals surface area (Å²) >= 11 is 2.26. The quantitative estimate of drug-likeness (QED) is 0.324. The second-order valence-corrected chi connectivity index (χ2v) is 9.41. The van der Waals surface area contributed by atoms with Crippen molar-refractivity contribution < 1.29 is 28.7 Å². The smallest absolute Gasteiger partial charge is 0.335 e. The summed E-state index contributed by atoms with van der Waals surface area (Å²) in [5.41, 5.74) is 1.91. The first-order valence-corrected chi connectivity index (χ1v) is 12.4. The first-order chi connectivity index (χ1) is 16.8. The van der Waals surface area contributed by atoms with Gasteiger partial charge in [-0.2, -0.15) is 0 Å². The van der Waals surface area contributed by atoms with Gasteiger partial charge in [0, 0.05) is 22.2 Å². The average molecular weight is 509 g/mol. The van der Waals surface area contributed by atoms with Gasteiger partial charge in [0.05, 0.1) is 10.5 Å². The number of carboxylic acid groups (broad SMARTS) is 1. The number of hydrogen-bond acceptors (Lipinski definition) is 7. The fourth-order valence-corrected chi connectivity index (χ4v) is 4.80. The number of carboxylic acids is 1. The van der Waals surface area contributed by atoms with E-state index in [2.05, 4.69) is 5.32 Å². The lowest BCUT2D eigenvalue weighted by Crippen LogP contribution is -2.36. The standard InChI is InChI=1S/C25H20N2O6S2/c1-14-18(7-4-8-19(14)24(30)31)20-10-9-16(33-20)12-21-23(29)27(25(32)35-21)13-22(28)26-15-5-3-6-17(11-15)34-2/h3-12H,13H2,1-2H3,(H,26,28)(H,30,31)/b21-12-. The maximum atomic E-state index is 12.8. The first-order valence-electron chi connectivity index (χ1n) is 10.4. The van der Waals surface area contributed by atoms with Gasteiger partial charge in [-0.3, -0.25) is 19.3 Å². The molecular weight excluding hydrogens is 488 g/mol. The lowest BCUT2D eigenvalue weighted by molar-refractivity contribution is -0.127. The fourth-order valence-electron chi connectivity index (χ4n) is 3.52. The van der Waals surface area contributed by atoms with Crippen LogP contribution in [0.5, 0.6) is 0 Å². The predicted octanol–water partition coefficient (Wildman–Crippen LogP) is 5.35. The lowest BCUT2D eigenvalue weighted by atomic mass is 10.0. The molecule has 1 aromatic heterocycles. The monoisotopic (exact) mass is 508 g/mol. The zero-order valence-corrected chi connectivity index (χ0v) is 20.4. The van der Waals surface area contributed by atoms with E-state index in [9.17, 15) is 24.3 Å². The fraction of sp³-hybridized carbons (Fsp3) is 0.120. The average Bonchev–Trinajstić information content (AvgIpc) is 3.39. The van der Waals surface area contributed by atoms with Crippen molar-refractivity contribution in [3.8, 4) is 11.3 Å². The molecule has 0 aliphatic carbocycles. The molecule has 35 heavy (non-hydrogen) atoms. The number of aromatic carboxylic acids is 1. The molecule has 0 radical (unpaired) electrons. The highest BCUT2D eigenvalue weighted by Gasteiger charge is 2.36. The number of imide groups is 1. The molecular formula is C25H20N2O6S2. The van der Waals surface area contributed by atoms with Gasteiger partial charge in [-0.05, 0) is 66.9 Å². The third-order valence-corrected chi connectivity index (χ3v) is 6.89. The molecule has 3 aromatic rings. The maximum absolute atomic E-state index is 12.8. The van der Waals surface area contributed by atoms with Gasteiger partial charge < -0.3 is 14.8 Å². The van der Waals surface area contributed by atoms with E-state index < -0.39 is 29.6 Å². The van der Waals surface area contributed by atoms with Crippen LogP contribution in [-0.4, -0.2) is 45.8 Å². The van der Waals surface area contributed by atoms with Gasteiger partial charge in [-0.25, -0.2) is 4.79 Å². The van der Waals surface area contributed by atoms with E-state index in [0.29, 0.717) is 28.3 Å². The first kappa shape index (κ1) is 24.4. The van der Waals surface area contributed by atoms with Crippen molar-refractivity contribution in [1.29, 1.82) is 0 Å². The SMILES string of the molecule is CSc1cccc(NC(=O)CN2C(=O)S/C(=C\c3ccc(-c4cccc(C(=O)O)c4C)o3)C2=O)c1. The van der Waals surface area contributed by atoms with E-state index >= 15 is 0 Å². The van der Waals surface area contributed by atoms with Gasteiger partial charge in [0.1, 0.15) is 18.1 Å². The van der Waals surface area contributed by atoms with Crippen molar-refractivity contribution in [1.82, 2.24) is 4.90 Å². The van der Waals surface area contributed by atoms with Crippen LogP contribution in [0.15, 0.2) is 68.8 Å². The molecule has 1 aliphatic rings. The number of carbonyl (C=O) groups excluding carboxylic acids is 3. The van der Waals surface area contributed by atoms with E-state index in [0.717, 1.165) is 21.6 Å². The third kappa shape index (κ3) is 5.33. The molecule has 0 spiro atoms. The molecule has 0 saturated carbocycles. The maximum Gasteiger partial charge on any atom is 0.335 e. The predicted molar refractivity (Wildman–Crippen MR) is 135 cm³/mol. The molecule has 2 heterocycles. The Bertz CT molecular complexity index is 1380. The van der Waals surface area contributed by atoms with Crippen molar-refractivity contribution in [2.75, 3.05) is 18.1 Å². The molecule has 0 bridgehead atoms. The summed E-state index contributed by atoms with van der Waals surface area (Å²) < 4.78 is 5.80. The molecule has 10 heteroatoms. The highest BCUT2D eigenvalue weighted by atomic mass is 32.2. The second-order valence-electron chi connectivity index (χ2n) is 7.53. The van der Waals surface area contributed by atoms with Crippen molar-refractivity contribution in [2.45, 2.75) is 11.8 Å². The van der Waals surface area contributed by atoms with Crippen LogP contribution in [0.4, 0.5) is 10.5 Å². The molecule has 3 amide bonds. The normalized spacial score (nSPS) is 14.6. The summed E-state index contributed by atoms with van der Waals surface area (Å²) in [5.74, 6) is -1.35. The van der Waals surface area contributed by atoms with Gasteiger partial charge in [-0.15, -0.1) is 11.8 Å². The van der Waals surface area contributed by atoms with Crippen molar-refractivity contribution >= 4 is 58.3 Å². The van der Waals surface area contributed by atoms with Crippen LogP contribution in [0.1, 0.15) is 21.7 Å². The molecule has 4 rings (SSSR count). The summed E-state index contributed by atoms with van der Waals surface area (Å²) in [6.07, 6.45) is 3.36. The Morgan fingerprint density at radius 1 is 1.14 bits per heavy atom. The minimum absolute atomic E-state index is 0.129. The molecule has 0 atom stereocenters. The molecule has 2 aromatic carbocycles. The number of hydrogen-bond donors (Lipinski definition) is 2. The molecule has 1 aliphatic heterocycles. The summed E-state index contributed by atoms with van der Waals surface area (Å²) in [6.45, 7) is 1.28. The number of nitrogens with one attached hydrogen (secondary N) is 1. The Labute approximate surface area is 209 Å². The number of thioether (sulfide) groups is 2. The van der Waals surface area contributed by atoms with Crippen LogP contribution >= 0.6 is 23.5 Å². The number of furan rings is 1. The van der Waals surface area contributed by atoms with Gasteiger partial charge >= 0.3 is 5.97 Å². The Morgan fingerprint density at radius 3 is 2.66 bits per heavy atom. The summed E-state index contributed by atoms with van der Waals surface area (Å²) in [7, 11) is 0. The molecule has 2 N–H and O–H groups in total. The second kappa shape index (κ2) is 10.2. The third-order valence-electron chi connectivity index (χ3n) is 5.26. The Kier molecular flexibility index (Phi) is 7.13. The summed E-state index contributed by atoms with van der Waals surface area (Å²) in [5, 5.41) is 11.5. The van der Waals surface area contributed by atoms with Crippen molar-refractivity contribution in [2.24, 2.45) is 0 Å². The summed E-state index contributed by atoms with van der Waals surface area (Å²) in [4.78, 5) is 51.0. The van der Waals surface area contributed by atoms with Gasteiger partial charge in [0.2, 0.25) is 5.91 Å². The van der Waals surface area contributed by atoms with Crippen LogP contribution in [0, 0.1) is 6.92 Å². The van der Waals surface area contributed by atoms with E-state index in [4.69, 9.17) is 4.42 Å².